The van der Waals surface area contributed by atoms with Crippen LogP contribution in [0.5, 0.6) is 0 Å². The topological polar surface area (TPSA) is 90.7 Å². The molecule has 0 unspecified atom stereocenters. The SMILES string of the molecule is CCNC(=O)CCNc1nccc(C#N)n1. The van der Waals surface area contributed by atoms with Crippen molar-refractivity contribution < 1.29 is 4.79 Å². The first-order valence-electron chi connectivity index (χ1n) is 5.00. The number of aromatic nitrogens is 2. The van der Waals surface area contributed by atoms with E-state index in [1.807, 2.05) is 13.0 Å². The monoisotopic (exact) mass is 219 g/mol. The Balaban J connectivity index is 2.37. The molecule has 0 aromatic carbocycles. The van der Waals surface area contributed by atoms with E-state index >= 15 is 0 Å². The molecule has 0 saturated carbocycles. The third-order valence-electron chi connectivity index (χ3n) is 1.78. The van der Waals surface area contributed by atoms with Crippen LogP contribution in [0, 0.1) is 11.3 Å². The van der Waals surface area contributed by atoms with E-state index in [2.05, 4.69) is 20.6 Å². The summed E-state index contributed by atoms with van der Waals surface area (Å²) in [5.41, 5.74) is 0.301. The second-order valence-electron chi connectivity index (χ2n) is 3.01. The highest BCUT2D eigenvalue weighted by Gasteiger charge is 2.00. The zero-order valence-electron chi connectivity index (χ0n) is 9.03. The van der Waals surface area contributed by atoms with Crippen molar-refractivity contribution in [3.8, 4) is 6.07 Å². The van der Waals surface area contributed by atoms with E-state index in [1.165, 1.54) is 12.3 Å². The van der Waals surface area contributed by atoms with E-state index in [1.54, 1.807) is 0 Å². The molecule has 1 aromatic heterocycles. The molecule has 1 aromatic rings. The quantitative estimate of drug-likeness (QED) is 0.742. The second-order valence-corrected chi connectivity index (χ2v) is 3.01. The van der Waals surface area contributed by atoms with Crippen molar-refractivity contribution in [1.82, 2.24) is 15.3 Å². The Morgan fingerprint density at radius 2 is 2.44 bits per heavy atom. The van der Waals surface area contributed by atoms with Crippen LogP contribution in [0.25, 0.3) is 0 Å². The van der Waals surface area contributed by atoms with E-state index in [0.717, 1.165) is 0 Å². The fourth-order valence-electron chi connectivity index (χ4n) is 1.08. The minimum absolute atomic E-state index is 0.0218. The highest BCUT2D eigenvalue weighted by molar-refractivity contribution is 5.76. The van der Waals surface area contributed by atoms with Crippen LogP contribution < -0.4 is 10.6 Å². The summed E-state index contributed by atoms with van der Waals surface area (Å²) in [6.07, 6.45) is 1.86. The Kier molecular flexibility index (Phi) is 4.73. The van der Waals surface area contributed by atoms with Gasteiger partial charge in [0.1, 0.15) is 11.8 Å². The molecule has 0 aliphatic heterocycles. The number of nitrogens with zero attached hydrogens (tertiary/aromatic N) is 3. The van der Waals surface area contributed by atoms with Gasteiger partial charge in [0.25, 0.3) is 0 Å². The predicted octanol–water partition coefficient (Wildman–Crippen LogP) is 0.286. The fourth-order valence-corrected chi connectivity index (χ4v) is 1.08. The van der Waals surface area contributed by atoms with Gasteiger partial charge >= 0.3 is 0 Å². The number of nitrogens with one attached hydrogen (secondary N) is 2. The van der Waals surface area contributed by atoms with Crippen LogP contribution in [0.3, 0.4) is 0 Å². The summed E-state index contributed by atoms with van der Waals surface area (Å²) in [7, 11) is 0. The van der Waals surface area contributed by atoms with Crippen molar-refractivity contribution in [3.63, 3.8) is 0 Å². The van der Waals surface area contributed by atoms with Crippen molar-refractivity contribution in [2.45, 2.75) is 13.3 Å². The maximum atomic E-state index is 11.1. The zero-order chi connectivity index (χ0) is 11.8. The summed E-state index contributed by atoms with van der Waals surface area (Å²) >= 11 is 0. The number of hydrogen-bond donors (Lipinski definition) is 2. The second kappa shape index (κ2) is 6.35. The Morgan fingerprint density at radius 1 is 1.62 bits per heavy atom. The van der Waals surface area contributed by atoms with Crippen LogP contribution >= 0.6 is 0 Å². The molecule has 0 bridgehead atoms. The maximum Gasteiger partial charge on any atom is 0.223 e. The molecule has 2 N–H and O–H groups in total. The molecule has 0 aliphatic carbocycles. The molecule has 0 atom stereocenters. The largest absolute Gasteiger partial charge is 0.356 e. The first-order chi connectivity index (χ1) is 7.76. The summed E-state index contributed by atoms with van der Waals surface area (Å²) in [5.74, 6) is 0.342. The van der Waals surface area contributed by atoms with Crippen LogP contribution in [0.2, 0.25) is 0 Å². The van der Waals surface area contributed by atoms with Gasteiger partial charge in [-0.05, 0) is 13.0 Å². The van der Waals surface area contributed by atoms with Gasteiger partial charge in [-0.2, -0.15) is 5.26 Å². The number of carbonyl (C=O) groups is 1. The molecule has 0 saturated heterocycles. The summed E-state index contributed by atoms with van der Waals surface area (Å²) in [6, 6.07) is 3.44. The van der Waals surface area contributed by atoms with E-state index in [-0.39, 0.29) is 5.91 Å². The zero-order valence-corrected chi connectivity index (χ0v) is 9.03. The minimum atomic E-state index is -0.0218. The van der Waals surface area contributed by atoms with Gasteiger partial charge in [0.2, 0.25) is 11.9 Å². The van der Waals surface area contributed by atoms with E-state index in [0.29, 0.717) is 31.2 Å². The number of nitriles is 1. The van der Waals surface area contributed by atoms with Crippen LogP contribution in [0.15, 0.2) is 12.3 Å². The average Bonchev–Trinajstić information content (AvgIpc) is 2.30. The number of rotatable bonds is 5. The predicted molar refractivity (Wildman–Crippen MR) is 58.5 cm³/mol. The number of amides is 1. The number of carbonyl (C=O) groups excluding carboxylic acids is 1. The highest BCUT2D eigenvalue weighted by atomic mass is 16.1. The normalized spacial score (nSPS) is 9.25. The molecule has 1 rings (SSSR count). The van der Waals surface area contributed by atoms with Crippen molar-refractivity contribution in [2.75, 3.05) is 18.4 Å². The molecule has 0 spiro atoms. The molecular weight excluding hydrogens is 206 g/mol. The molecule has 84 valence electrons. The highest BCUT2D eigenvalue weighted by Crippen LogP contribution is 1.98. The van der Waals surface area contributed by atoms with Crippen molar-refractivity contribution in [1.29, 1.82) is 5.26 Å². The lowest BCUT2D eigenvalue weighted by molar-refractivity contribution is -0.120. The Bertz CT molecular complexity index is 398. The molecule has 1 amide bonds. The lowest BCUT2D eigenvalue weighted by atomic mass is 10.4. The molecule has 0 fully saturated rings. The van der Waals surface area contributed by atoms with Crippen LogP contribution in [0.4, 0.5) is 5.95 Å². The molecular formula is C10H13N5O. The Hall–Kier alpha value is -2.16. The Labute approximate surface area is 93.7 Å². The van der Waals surface area contributed by atoms with Gasteiger partial charge in [-0.3, -0.25) is 4.79 Å². The number of anilines is 1. The van der Waals surface area contributed by atoms with Gasteiger partial charge < -0.3 is 10.6 Å². The van der Waals surface area contributed by atoms with Crippen LogP contribution in [0.1, 0.15) is 19.0 Å². The first kappa shape index (κ1) is 11.9. The number of hydrogen-bond acceptors (Lipinski definition) is 5. The van der Waals surface area contributed by atoms with Crippen molar-refractivity contribution >= 4 is 11.9 Å². The van der Waals surface area contributed by atoms with E-state index < -0.39 is 0 Å². The minimum Gasteiger partial charge on any atom is -0.356 e. The summed E-state index contributed by atoms with van der Waals surface area (Å²) in [4.78, 5) is 19.0. The molecule has 0 radical (unpaired) electrons. The molecule has 1 heterocycles. The maximum absolute atomic E-state index is 11.1. The van der Waals surface area contributed by atoms with Crippen LogP contribution in [-0.4, -0.2) is 29.0 Å². The standard InChI is InChI=1S/C10H13N5O/c1-2-12-9(16)4-6-14-10-13-5-3-8(7-11)15-10/h3,5H,2,4,6H2,1H3,(H,12,16)(H,13,14,15). The van der Waals surface area contributed by atoms with Gasteiger partial charge in [-0.1, -0.05) is 0 Å². The van der Waals surface area contributed by atoms with Gasteiger partial charge in [0.05, 0.1) is 0 Å². The van der Waals surface area contributed by atoms with Gasteiger partial charge in [0, 0.05) is 25.7 Å². The Morgan fingerprint density at radius 3 is 3.12 bits per heavy atom. The molecule has 16 heavy (non-hydrogen) atoms. The third-order valence-corrected chi connectivity index (χ3v) is 1.78. The van der Waals surface area contributed by atoms with Crippen molar-refractivity contribution in [3.05, 3.63) is 18.0 Å². The molecule has 6 nitrogen and oxygen atoms in total. The summed E-state index contributed by atoms with van der Waals surface area (Å²) in [5, 5.41) is 14.2. The lowest BCUT2D eigenvalue weighted by Crippen LogP contribution is -2.25. The average molecular weight is 219 g/mol. The van der Waals surface area contributed by atoms with Gasteiger partial charge in [0.15, 0.2) is 0 Å². The molecule has 0 aliphatic rings. The summed E-state index contributed by atoms with van der Waals surface area (Å²) in [6.45, 7) is 2.94. The van der Waals surface area contributed by atoms with Crippen molar-refractivity contribution in [2.24, 2.45) is 0 Å². The molecule has 6 heteroatoms. The lowest BCUT2D eigenvalue weighted by Gasteiger charge is -2.04. The van der Waals surface area contributed by atoms with Crippen LogP contribution in [-0.2, 0) is 4.79 Å². The third kappa shape index (κ3) is 3.92. The van der Waals surface area contributed by atoms with E-state index in [9.17, 15) is 4.79 Å². The smallest absolute Gasteiger partial charge is 0.223 e. The first-order valence-corrected chi connectivity index (χ1v) is 5.00. The van der Waals surface area contributed by atoms with Gasteiger partial charge in [-0.15, -0.1) is 0 Å². The van der Waals surface area contributed by atoms with E-state index in [4.69, 9.17) is 5.26 Å². The van der Waals surface area contributed by atoms with Gasteiger partial charge in [-0.25, -0.2) is 9.97 Å². The fraction of sp³-hybridized carbons (Fsp3) is 0.400. The summed E-state index contributed by atoms with van der Waals surface area (Å²) < 4.78 is 0.